The summed E-state index contributed by atoms with van der Waals surface area (Å²) in [7, 11) is 1.58. The fraction of sp³-hybridized carbons (Fsp3) is 0.238. The minimum absolute atomic E-state index is 0.245. The Morgan fingerprint density at radius 3 is 2.73 bits per heavy atom. The van der Waals surface area contributed by atoms with Crippen LogP contribution in [0.5, 0.6) is 11.5 Å². The summed E-state index contributed by atoms with van der Waals surface area (Å²) in [6.07, 6.45) is 0. The molecule has 0 saturated carbocycles. The van der Waals surface area contributed by atoms with Crippen molar-refractivity contribution < 1.29 is 14.3 Å². The first-order valence-electron chi connectivity index (χ1n) is 9.55. The number of benzene rings is 2. The van der Waals surface area contributed by atoms with Crippen molar-refractivity contribution in [3.05, 3.63) is 65.4 Å². The number of allylic oxidation sites excluding steroid dienone is 1. The van der Waals surface area contributed by atoms with E-state index in [1.54, 1.807) is 11.8 Å². The number of hydrogen-bond acceptors (Lipinski definition) is 7. The van der Waals surface area contributed by atoms with Gasteiger partial charge in [0.25, 0.3) is 5.91 Å². The number of amides is 1. The summed E-state index contributed by atoms with van der Waals surface area (Å²) in [5.74, 6) is 1.42. The molecule has 0 bridgehead atoms. The monoisotopic (exact) mass is 406 g/mol. The lowest BCUT2D eigenvalue weighted by molar-refractivity contribution is -0.113. The molecule has 30 heavy (non-hydrogen) atoms. The summed E-state index contributed by atoms with van der Waals surface area (Å²) in [5.41, 5.74) is 2.67. The van der Waals surface area contributed by atoms with Gasteiger partial charge in [-0.3, -0.25) is 4.79 Å². The summed E-state index contributed by atoms with van der Waals surface area (Å²) in [4.78, 5) is 13.3. The summed E-state index contributed by atoms with van der Waals surface area (Å²) in [5, 5.41) is 18.0. The van der Waals surface area contributed by atoms with Gasteiger partial charge in [0.2, 0.25) is 5.95 Å². The number of fused-ring (bicyclic) bond motifs is 1. The molecule has 9 nitrogen and oxygen atoms in total. The highest BCUT2D eigenvalue weighted by molar-refractivity contribution is 6.06. The molecule has 154 valence electrons. The molecule has 3 aromatic rings. The largest absolute Gasteiger partial charge is 0.493 e. The van der Waals surface area contributed by atoms with Crippen LogP contribution in [-0.2, 0) is 4.79 Å². The highest BCUT2D eigenvalue weighted by Crippen LogP contribution is 2.38. The number of rotatable bonds is 6. The van der Waals surface area contributed by atoms with Gasteiger partial charge in [0.1, 0.15) is 6.04 Å². The second kappa shape index (κ2) is 8.24. The van der Waals surface area contributed by atoms with Crippen molar-refractivity contribution in [2.45, 2.75) is 19.9 Å². The molecule has 0 unspecified atom stereocenters. The predicted molar refractivity (Wildman–Crippen MR) is 112 cm³/mol. The lowest BCUT2D eigenvalue weighted by Crippen LogP contribution is -2.31. The molecule has 4 rings (SSSR count). The molecule has 1 amide bonds. The molecular formula is C21H22N6O3. The van der Waals surface area contributed by atoms with Gasteiger partial charge in [-0.2, -0.15) is 4.68 Å². The van der Waals surface area contributed by atoms with Crippen molar-refractivity contribution in [1.82, 2.24) is 20.2 Å². The zero-order chi connectivity index (χ0) is 21.1. The topological polar surface area (TPSA) is 103 Å². The maximum atomic E-state index is 13.3. The van der Waals surface area contributed by atoms with E-state index in [9.17, 15) is 4.79 Å². The molecule has 1 aliphatic rings. The Morgan fingerprint density at radius 1 is 1.20 bits per heavy atom. The summed E-state index contributed by atoms with van der Waals surface area (Å²) >= 11 is 0. The number of nitrogens with one attached hydrogen (secondary N) is 2. The number of tetrazole rings is 1. The van der Waals surface area contributed by atoms with Gasteiger partial charge in [-0.15, -0.1) is 0 Å². The van der Waals surface area contributed by atoms with E-state index >= 15 is 0 Å². The van der Waals surface area contributed by atoms with Gasteiger partial charge < -0.3 is 20.1 Å². The predicted octanol–water partition coefficient (Wildman–Crippen LogP) is 3.01. The number of aromatic nitrogens is 4. The van der Waals surface area contributed by atoms with Crippen LogP contribution >= 0.6 is 0 Å². The smallest absolute Gasteiger partial charge is 0.255 e. The molecule has 2 N–H and O–H groups in total. The van der Waals surface area contributed by atoms with E-state index in [0.29, 0.717) is 41.0 Å². The number of para-hydroxylation sites is 1. The number of hydrogen-bond donors (Lipinski definition) is 2. The van der Waals surface area contributed by atoms with Gasteiger partial charge in [0, 0.05) is 11.4 Å². The molecule has 2 aromatic carbocycles. The third-order valence-electron chi connectivity index (χ3n) is 4.79. The Bertz CT molecular complexity index is 1090. The average Bonchev–Trinajstić information content (AvgIpc) is 3.22. The van der Waals surface area contributed by atoms with Crippen LogP contribution in [-0.4, -0.2) is 39.8 Å². The summed E-state index contributed by atoms with van der Waals surface area (Å²) in [6, 6.07) is 14.3. The Kier molecular flexibility index (Phi) is 5.34. The van der Waals surface area contributed by atoms with Crippen molar-refractivity contribution in [3.63, 3.8) is 0 Å². The van der Waals surface area contributed by atoms with Crippen LogP contribution < -0.4 is 20.1 Å². The Labute approximate surface area is 173 Å². The van der Waals surface area contributed by atoms with Crippen LogP contribution in [0.2, 0.25) is 0 Å². The third-order valence-corrected chi connectivity index (χ3v) is 4.79. The third kappa shape index (κ3) is 3.57. The molecule has 0 fully saturated rings. The Morgan fingerprint density at radius 2 is 2.00 bits per heavy atom. The van der Waals surface area contributed by atoms with E-state index in [-0.39, 0.29) is 5.91 Å². The molecule has 0 spiro atoms. The van der Waals surface area contributed by atoms with Crippen molar-refractivity contribution in [2.24, 2.45) is 0 Å². The molecular weight excluding hydrogens is 384 g/mol. The molecule has 2 heterocycles. The molecule has 1 aliphatic heterocycles. The molecule has 0 radical (unpaired) electrons. The normalized spacial score (nSPS) is 15.2. The van der Waals surface area contributed by atoms with E-state index in [1.807, 2.05) is 62.4 Å². The van der Waals surface area contributed by atoms with Crippen LogP contribution in [0.1, 0.15) is 25.5 Å². The van der Waals surface area contributed by atoms with E-state index in [2.05, 4.69) is 26.2 Å². The van der Waals surface area contributed by atoms with E-state index in [4.69, 9.17) is 9.47 Å². The first-order chi connectivity index (χ1) is 14.6. The maximum Gasteiger partial charge on any atom is 0.255 e. The number of anilines is 2. The number of carbonyl (C=O) groups excluding carboxylic acids is 1. The van der Waals surface area contributed by atoms with Gasteiger partial charge in [0.15, 0.2) is 11.5 Å². The van der Waals surface area contributed by atoms with Gasteiger partial charge in [-0.05, 0) is 54.1 Å². The summed E-state index contributed by atoms with van der Waals surface area (Å²) in [6.45, 7) is 4.26. The number of ether oxygens (including phenoxy) is 2. The van der Waals surface area contributed by atoms with Crippen molar-refractivity contribution in [3.8, 4) is 11.5 Å². The van der Waals surface area contributed by atoms with Crippen LogP contribution in [0, 0.1) is 0 Å². The van der Waals surface area contributed by atoms with E-state index in [0.717, 1.165) is 5.56 Å². The fourth-order valence-electron chi connectivity index (χ4n) is 3.46. The van der Waals surface area contributed by atoms with Crippen LogP contribution in [0.3, 0.4) is 0 Å². The first-order valence-corrected chi connectivity index (χ1v) is 9.55. The SMILES string of the molecule is CCOc1ccc([C@@H]2C(C(=O)Nc3ccccc3)=C(C)Nc3nnnn32)cc1OC. The molecule has 9 heteroatoms. The van der Waals surface area contributed by atoms with Gasteiger partial charge in [-0.25, -0.2) is 0 Å². The zero-order valence-corrected chi connectivity index (χ0v) is 16.9. The second-order valence-electron chi connectivity index (χ2n) is 6.68. The lowest BCUT2D eigenvalue weighted by Gasteiger charge is -2.28. The quantitative estimate of drug-likeness (QED) is 0.649. The number of carbonyl (C=O) groups is 1. The molecule has 0 saturated heterocycles. The van der Waals surface area contributed by atoms with Crippen LogP contribution in [0.15, 0.2) is 59.8 Å². The molecule has 0 aliphatic carbocycles. The second-order valence-corrected chi connectivity index (χ2v) is 6.68. The van der Waals surface area contributed by atoms with E-state index in [1.165, 1.54) is 0 Å². The van der Waals surface area contributed by atoms with Gasteiger partial charge >= 0.3 is 0 Å². The minimum Gasteiger partial charge on any atom is -0.493 e. The van der Waals surface area contributed by atoms with Crippen LogP contribution in [0.25, 0.3) is 0 Å². The minimum atomic E-state index is -0.537. The van der Waals surface area contributed by atoms with Gasteiger partial charge in [-0.1, -0.05) is 29.4 Å². The highest BCUT2D eigenvalue weighted by Gasteiger charge is 2.34. The lowest BCUT2D eigenvalue weighted by atomic mass is 9.94. The van der Waals surface area contributed by atoms with Crippen molar-refractivity contribution >= 4 is 17.5 Å². The number of nitrogens with zero attached hydrogens (tertiary/aromatic N) is 4. The van der Waals surface area contributed by atoms with Crippen molar-refractivity contribution in [2.75, 3.05) is 24.4 Å². The maximum absolute atomic E-state index is 13.3. The van der Waals surface area contributed by atoms with Crippen LogP contribution in [0.4, 0.5) is 11.6 Å². The standard InChI is InChI=1S/C21H22N6O3/c1-4-30-16-11-10-14(12-17(16)29-3)19-18(13(2)22-21-24-25-26-27(19)21)20(28)23-15-8-6-5-7-9-15/h5-12,19H,4H2,1-3H3,(H,23,28)(H,22,24,26)/t19-/m1/s1. The van der Waals surface area contributed by atoms with E-state index < -0.39 is 6.04 Å². The molecule has 1 atom stereocenters. The fourth-order valence-corrected chi connectivity index (χ4v) is 3.46. The first kappa shape index (κ1) is 19.4. The number of methoxy groups -OCH3 is 1. The Hall–Kier alpha value is -3.88. The summed E-state index contributed by atoms with van der Waals surface area (Å²) < 4.78 is 12.7. The van der Waals surface area contributed by atoms with Crippen molar-refractivity contribution in [1.29, 1.82) is 0 Å². The molecule has 1 aromatic heterocycles. The Balaban J connectivity index is 1.78. The highest BCUT2D eigenvalue weighted by atomic mass is 16.5. The van der Waals surface area contributed by atoms with Gasteiger partial charge in [0.05, 0.1) is 19.3 Å². The average molecular weight is 406 g/mol. The zero-order valence-electron chi connectivity index (χ0n) is 16.9.